The number of carbonyl (C=O) groups excluding carboxylic acids is 2. The second-order valence-corrected chi connectivity index (χ2v) is 8.28. The lowest BCUT2D eigenvalue weighted by Gasteiger charge is -2.14. The zero-order valence-electron chi connectivity index (χ0n) is 20.0. The van der Waals surface area contributed by atoms with Gasteiger partial charge in [0.1, 0.15) is 24.5 Å². The van der Waals surface area contributed by atoms with Gasteiger partial charge in [0.25, 0.3) is 5.91 Å². The molecule has 0 saturated heterocycles. The smallest absolute Gasteiger partial charge is 0.411 e. The fourth-order valence-corrected chi connectivity index (χ4v) is 3.56. The summed E-state index contributed by atoms with van der Waals surface area (Å²) >= 11 is 0. The first kappa shape index (κ1) is 26.6. The van der Waals surface area contributed by atoms with Gasteiger partial charge < -0.3 is 24.9 Å². The van der Waals surface area contributed by atoms with Crippen molar-refractivity contribution in [1.82, 2.24) is 0 Å². The summed E-state index contributed by atoms with van der Waals surface area (Å²) in [5, 5.41) is 3.43. The topological polar surface area (TPSA) is 107 Å². The van der Waals surface area contributed by atoms with Crippen LogP contribution >= 0.6 is 0 Å². The van der Waals surface area contributed by atoms with E-state index >= 15 is 0 Å². The van der Waals surface area contributed by atoms with Gasteiger partial charge in [0.05, 0.1) is 24.5 Å². The molecule has 4 rings (SSSR count). The predicted molar refractivity (Wildman–Crippen MR) is 136 cm³/mol. The van der Waals surface area contributed by atoms with Crippen molar-refractivity contribution in [2.45, 2.75) is 12.8 Å². The molecule has 0 fully saturated rings. The van der Waals surface area contributed by atoms with E-state index in [2.05, 4.69) is 10.1 Å². The molecule has 4 aromatic rings. The van der Waals surface area contributed by atoms with Crippen LogP contribution in [-0.2, 0) is 16.1 Å². The van der Waals surface area contributed by atoms with Crippen LogP contribution in [0.15, 0.2) is 77.2 Å². The third-order valence-corrected chi connectivity index (χ3v) is 5.44. The molecular weight excluding hydrogens is 503 g/mol. The average molecular weight is 527 g/mol. The number of fused-ring (bicyclic) bond motifs is 1. The molecule has 1 aromatic heterocycles. The number of nitrogens with two attached hydrogens (primary N) is 1. The van der Waals surface area contributed by atoms with Crippen LogP contribution in [0.1, 0.15) is 15.9 Å². The molecule has 0 saturated carbocycles. The van der Waals surface area contributed by atoms with Crippen LogP contribution < -0.4 is 20.7 Å². The molecule has 0 unspecified atom stereocenters. The number of hydrogen-bond donors (Lipinski definition) is 2. The van der Waals surface area contributed by atoms with E-state index in [0.29, 0.717) is 45.6 Å². The average Bonchev–Trinajstić information content (AvgIpc) is 3.31. The van der Waals surface area contributed by atoms with Gasteiger partial charge in [-0.2, -0.15) is 13.2 Å². The summed E-state index contributed by atoms with van der Waals surface area (Å²) in [4.78, 5) is 25.4. The highest BCUT2D eigenvalue weighted by atomic mass is 19.4. The van der Waals surface area contributed by atoms with Crippen molar-refractivity contribution in [2.75, 3.05) is 35.7 Å². The van der Waals surface area contributed by atoms with Gasteiger partial charge in [-0.05, 0) is 48.0 Å². The van der Waals surface area contributed by atoms with Crippen molar-refractivity contribution in [3.63, 3.8) is 0 Å². The van der Waals surface area contributed by atoms with Crippen molar-refractivity contribution in [1.29, 1.82) is 0 Å². The Kier molecular flexibility index (Phi) is 8.17. The Hall–Kier alpha value is -4.51. The summed E-state index contributed by atoms with van der Waals surface area (Å²) in [5.41, 5.74) is 8.16. The summed E-state index contributed by atoms with van der Waals surface area (Å²) in [6.45, 7) is -1.26. The quantitative estimate of drug-likeness (QED) is 0.200. The van der Waals surface area contributed by atoms with E-state index in [1.54, 1.807) is 72.8 Å². The third kappa shape index (κ3) is 7.04. The number of carbonyl (C=O) groups is 2. The Labute approximate surface area is 215 Å². The van der Waals surface area contributed by atoms with Gasteiger partial charge in [0.15, 0.2) is 0 Å². The number of benzene rings is 3. The van der Waals surface area contributed by atoms with Crippen molar-refractivity contribution in [2.24, 2.45) is 0 Å². The lowest BCUT2D eigenvalue weighted by Crippen LogP contribution is -2.26. The normalized spacial score (nSPS) is 11.3. The SMILES string of the molecule is Nc1ccccc1NC(=O)c1ccc(OCCN(C=O)c2cc3ccc(COCC(F)(F)F)cc3o2)cc1. The van der Waals surface area contributed by atoms with Crippen molar-refractivity contribution >= 4 is 40.5 Å². The molecular formula is C27H24F3N3O5. The maximum Gasteiger partial charge on any atom is 0.411 e. The number of nitrogens with zero attached hydrogens (tertiary/aromatic N) is 1. The number of rotatable bonds is 11. The molecule has 0 atom stereocenters. The standard InChI is InChI=1S/C27H24F3N3O5/c28-27(29,30)16-36-15-18-5-6-20-14-25(38-24(20)13-18)33(17-34)11-12-37-21-9-7-19(8-10-21)26(35)32-23-4-2-1-3-22(23)31/h1-10,13-14,17H,11-12,15-16,31H2,(H,32,35). The largest absolute Gasteiger partial charge is 0.492 e. The molecule has 38 heavy (non-hydrogen) atoms. The number of halogens is 3. The number of alkyl halides is 3. The maximum atomic E-state index is 12.4. The van der Waals surface area contributed by atoms with Gasteiger partial charge in [-0.1, -0.05) is 24.3 Å². The summed E-state index contributed by atoms with van der Waals surface area (Å²) < 4.78 is 52.9. The molecule has 0 radical (unpaired) electrons. The highest BCUT2D eigenvalue weighted by molar-refractivity contribution is 6.05. The van der Waals surface area contributed by atoms with Gasteiger partial charge in [0, 0.05) is 17.0 Å². The minimum Gasteiger partial charge on any atom is -0.492 e. The highest BCUT2D eigenvalue weighted by Crippen LogP contribution is 2.27. The number of furan rings is 1. The van der Waals surface area contributed by atoms with Crippen LogP contribution in [-0.4, -0.2) is 38.3 Å². The van der Waals surface area contributed by atoms with Gasteiger partial charge in [-0.15, -0.1) is 0 Å². The minimum absolute atomic E-state index is 0.137. The number of nitrogens with one attached hydrogen (secondary N) is 1. The first-order valence-electron chi connectivity index (χ1n) is 11.5. The van der Waals surface area contributed by atoms with E-state index < -0.39 is 12.8 Å². The summed E-state index contributed by atoms with van der Waals surface area (Å²) in [5.74, 6) is 0.445. The number of hydrogen-bond acceptors (Lipinski definition) is 6. The molecule has 0 bridgehead atoms. The Balaban J connectivity index is 1.30. The summed E-state index contributed by atoms with van der Waals surface area (Å²) in [6, 6.07) is 20.0. The monoisotopic (exact) mass is 527 g/mol. The number of ether oxygens (including phenoxy) is 2. The Morgan fingerprint density at radius 1 is 1.05 bits per heavy atom. The molecule has 198 valence electrons. The van der Waals surface area contributed by atoms with E-state index in [-0.39, 0.29) is 31.5 Å². The summed E-state index contributed by atoms with van der Waals surface area (Å²) in [7, 11) is 0. The molecule has 2 amide bonds. The maximum absolute atomic E-state index is 12.4. The molecule has 8 nitrogen and oxygen atoms in total. The van der Waals surface area contributed by atoms with Crippen LogP contribution in [0.4, 0.5) is 30.4 Å². The first-order chi connectivity index (χ1) is 18.2. The summed E-state index contributed by atoms with van der Waals surface area (Å²) in [6.07, 6.45) is -3.81. The van der Waals surface area contributed by atoms with Crippen molar-refractivity contribution < 1.29 is 36.7 Å². The second kappa shape index (κ2) is 11.7. The molecule has 0 aliphatic heterocycles. The number of para-hydroxylation sites is 2. The van der Waals surface area contributed by atoms with Gasteiger partial charge in [-0.3, -0.25) is 14.5 Å². The predicted octanol–water partition coefficient (Wildman–Crippen LogP) is 5.39. The Bertz CT molecular complexity index is 1400. The zero-order valence-corrected chi connectivity index (χ0v) is 20.0. The van der Waals surface area contributed by atoms with Crippen molar-refractivity contribution in [3.8, 4) is 5.75 Å². The van der Waals surface area contributed by atoms with E-state index in [4.69, 9.17) is 14.9 Å². The van der Waals surface area contributed by atoms with E-state index in [9.17, 15) is 22.8 Å². The lowest BCUT2D eigenvalue weighted by atomic mass is 10.2. The zero-order chi connectivity index (χ0) is 27.1. The van der Waals surface area contributed by atoms with Crippen molar-refractivity contribution in [3.05, 3.63) is 83.9 Å². The van der Waals surface area contributed by atoms with Gasteiger partial charge in [-0.25, -0.2) is 0 Å². The fourth-order valence-electron chi connectivity index (χ4n) is 3.56. The van der Waals surface area contributed by atoms with Gasteiger partial charge in [0.2, 0.25) is 12.3 Å². The van der Waals surface area contributed by atoms with E-state index in [1.165, 1.54) is 4.90 Å². The molecule has 11 heteroatoms. The Morgan fingerprint density at radius 2 is 1.82 bits per heavy atom. The van der Waals surface area contributed by atoms with Gasteiger partial charge >= 0.3 is 6.18 Å². The van der Waals surface area contributed by atoms with Crippen LogP contribution in [0.25, 0.3) is 11.0 Å². The Morgan fingerprint density at radius 3 is 2.53 bits per heavy atom. The minimum atomic E-state index is -4.40. The third-order valence-electron chi connectivity index (χ3n) is 5.44. The van der Waals surface area contributed by atoms with Crippen LogP contribution in [0.2, 0.25) is 0 Å². The molecule has 1 heterocycles. The number of anilines is 3. The number of amides is 2. The van der Waals surface area contributed by atoms with Crippen LogP contribution in [0, 0.1) is 0 Å². The number of nitrogen functional groups attached to an aromatic ring is 1. The van der Waals surface area contributed by atoms with Crippen LogP contribution in [0.5, 0.6) is 5.75 Å². The fraction of sp³-hybridized carbons (Fsp3) is 0.185. The van der Waals surface area contributed by atoms with E-state index in [1.807, 2.05) is 0 Å². The molecule has 0 aliphatic rings. The van der Waals surface area contributed by atoms with E-state index in [0.717, 1.165) is 0 Å². The molecule has 0 aliphatic carbocycles. The van der Waals surface area contributed by atoms with Crippen LogP contribution in [0.3, 0.4) is 0 Å². The molecule has 3 N–H and O–H groups in total. The lowest BCUT2D eigenvalue weighted by molar-refractivity contribution is -0.176. The highest BCUT2D eigenvalue weighted by Gasteiger charge is 2.27. The first-order valence-corrected chi connectivity index (χ1v) is 11.5. The molecule has 0 spiro atoms. The molecule has 3 aromatic carbocycles. The second-order valence-electron chi connectivity index (χ2n) is 8.28.